The van der Waals surface area contributed by atoms with E-state index in [1.54, 1.807) is 12.1 Å². The lowest BCUT2D eigenvalue weighted by molar-refractivity contribution is -0.185. The van der Waals surface area contributed by atoms with Gasteiger partial charge in [0.2, 0.25) is 0 Å². The molecule has 0 aromatic heterocycles. The number of hydrogen-bond donors (Lipinski definition) is 0. The molecule has 0 atom stereocenters. The quantitative estimate of drug-likeness (QED) is 0.764. The predicted octanol–water partition coefficient (Wildman–Crippen LogP) is 3.91. The molecule has 0 aliphatic carbocycles. The van der Waals surface area contributed by atoms with Crippen molar-refractivity contribution < 1.29 is 14.3 Å². The summed E-state index contributed by atoms with van der Waals surface area (Å²) in [5.74, 6) is -0.388. The molecule has 0 unspecified atom stereocenters. The summed E-state index contributed by atoms with van der Waals surface area (Å²) in [5, 5.41) is 0.487. The van der Waals surface area contributed by atoms with Crippen LogP contribution in [0.2, 0.25) is 5.02 Å². The zero-order valence-electron chi connectivity index (χ0n) is 14.6. The van der Waals surface area contributed by atoms with E-state index < -0.39 is 0 Å². The largest absolute Gasteiger partial charge is 0.347 e. The number of hydrogen-bond acceptors (Lipinski definition) is 4. The molecule has 0 saturated carbocycles. The van der Waals surface area contributed by atoms with E-state index in [1.807, 2.05) is 30.3 Å². The summed E-state index contributed by atoms with van der Waals surface area (Å²) in [7, 11) is 0. The third-order valence-electron chi connectivity index (χ3n) is 5.15. The van der Waals surface area contributed by atoms with Gasteiger partial charge in [-0.1, -0.05) is 41.9 Å². The first kappa shape index (κ1) is 17.7. The Morgan fingerprint density at radius 1 is 1.04 bits per heavy atom. The molecule has 2 saturated heterocycles. The van der Waals surface area contributed by atoms with Gasteiger partial charge in [-0.15, -0.1) is 0 Å². The van der Waals surface area contributed by atoms with Crippen LogP contribution in [0.4, 0.5) is 0 Å². The molecule has 0 radical (unpaired) electrons. The Labute approximate surface area is 158 Å². The van der Waals surface area contributed by atoms with Crippen LogP contribution in [0.15, 0.2) is 48.5 Å². The number of carbonyl (C=O) groups excluding carboxylic acids is 1. The molecule has 2 aromatic rings. The van der Waals surface area contributed by atoms with Gasteiger partial charge >= 0.3 is 0 Å². The molecule has 2 aromatic carbocycles. The van der Waals surface area contributed by atoms with Gasteiger partial charge in [-0.2, -0.15) is 0 Å². The number of nitrogens with zero attached hydrogens (tertiary/aromatic N) is 1. The summed E-state index contributed by atoms with van der Waals surface area (Å²) >= 11 is 6.17. The third kappa shape index (κ3) is 3.69. The fourth-order valence-corrected chi connectivity index (χ4v) is 3.93. The second-order valence-electron chi connectivity index (χ2n) is 6.89. The number of carbonyl (C=O) groups is 1. The molecule has 0 bridgehead atoms. The van der Waals surface area contributed by atoms with Gasteiger partial charge < -0.3 is 9.47 Å². The van der Waals surface area contributed by atoms with Crippen LogP contribution in [-0.2, 0) is 16.0 Å². The van der Waals surface area contributed by atoms with Crippen molar-refractivity contribution in [1.82, 2.24) is 4.90 Å². The summed E-state index contributed by atoms with van der Waals surface area (Å²) in [6.07, 6.45) is 1.79. The van der Waals surface area contributed by atoms with E-state index in [4.69, 9.17) is 21.1 Å². The van der Waals surface area contributed by atoms with E-state index in [2.05, 4.69) is 11.0 Å². The van der Waals surface area contributed by atoms with E-state index in [1.165, 1.54) is 0 Å². The smallest absolute Gasteiger partial charge is 0.194 e. The standard InChI is InChI=1S/C21H22ClNO3/c22-19-7-2-1-6-18(19)20(24)17-5-3-4-16(14-17)15-23-10-8-21(9-11-23)25-12-13-26-21/h1-7,14H,8-13,15H2. The first-order chi connectivity index (χ1) is 12.7. The molecule has 26 heavy (non-hydrogen) atoms. The molecule has 2 aliphatic rings. The van der Waals surface area contributed by atoms with E-state index in [-0.39, 0.29) is 11.6 Å². The maximum atomic E-state index is 12.8. The highest BCUT2D eigenvalue weighted by atomic mass is 35.5. The molecule has 4 nitrogen and oxygen atoms in total. The minimum atomic E-state index is -0.349. The van der Waals surface area contributed by atoms with Gasteiger partial charge in [0.05, 0.1) is 18.2 Å². The lowest BCUT2D eigenvalue weighted by Crippen LogP contribution is -2.44. The maximum Gasteiger partial charge on any atom is 0.194 e. The van der Waals surface area contributed by atoms with Gasteiger partial charge in [0.15, 0.2) is 11.6 Å². The van der Waals surface area contributed by atoms with E-state index in [0.717, 1.165) is 38.0 Å². The Hall–Kier alpha value is -1.72. The van der Waals surface area contributed by atoms with Crippen LogP contribution in [0, 0.1) is 0 Å². The average molecular weight is 372 g/mol. The summed E-state index contributed by atoms with van der Waals surface area (Å²) in [5.41, 5.74) is 2.35. The summed E-state index contributed by atoms with van der Waals surface area (Å²) in [4.78, 5) is 15.1. The van der Waals surface area contributed by atoms with Crippen LogP contribution in [0.1, 0.15) is 34.3 Å². The van der Waals surface area contributed by atoms with Crippen molar-refractivity contribution in [3.63, 3.8) is 0 Å². The Kier molecular flexibility index (Phi) is 5.09. The van der Waals surface area contributed by atoms with E-state index in [9.17, 15) is 4.79 Å². The number of halogens is 1. The maximum absolute atomic E-state index is 12.8. The molecule has 136 valence electrons. The SMILES string of the molecule is O=C(c1cccc(CN2CCC3(CC2)OCCO3)c1)c1ccccc1Cl. The number of piperidine rings is 1. The summed E-state index contributed by atoms with van der Waals surface area (Å²) in [6, 6.07) is 15.0. The number of ketones is 1. The van der Waals surface area contributed by atoms with Crippen LogP contribution in [0.25, 0.3) is 0 Å². The van der Waals surface area contributed by atoms with Crippen molar-refractivity contribution in [2.24, 2.45) is 0 Å². The highest BCUT2D eigenvalue weighted by molar-refractivity contribution is 6.34. The van der Waals surface area contributed by atoms with Crippen molar-refractivity contribution >= 4 is 17.4 Å². The number of ether oxygens (including phenoxy) is 2. The number of rotatable bonds is 4. The minimum Gasteiger partial charge on any atom is -0.347 e. The number of benzene rings is 2. The Balaban J connectivity index is 1.43. The highest BCUT2D eigenvalue weighted by Gasteiger charge is 2.39. The fraction of sp³-hybridized carbons (Fsp3) is 0.381. The molecule has 5 heteroatoms. The zero-order chi connectivity index (χ0) is 18.0. The van der Waals surface area contributed by atoms with Gasteiger partial charge in [0.25, 0.3) is 0 Å². The van der Waals surface area contributed by atoms with Crippen molar-refractivity contribution in [3.8, 4) is 0 Å². The molecule has 1 spiro atoms. The average Bonchev–Trinajstić information content (AvgIpc) is 3.12. The van der Waals surface area contributed by atoms with Gasteiger partial charge in [0.1, 0.15) is 0 Å². The van der Waals surface area contributed by atoms with Crippen LogP contribution >= 0.6 is 11.6 Å². The lowest BCUT2D eigenvalue weighted by Gasteiger charge is -2.37. The molecule has 0 amide bonds. The summed E-state index contributed by atoms with van der Waals surface area (Å²) < 4.78 is 11.6. The third-order valence-corrected chi connectivity index (χ3v) is 5.47. The lowest BCUT2D eigenvalue weighted by atomic mass is 10.00. The fourth-order valence-electron chi connectivity index (χ4n) is 3.71. The van der Waals surface area contributed by atoms with E-state index >= 15 is 0 Å². The highest BCUT2D eigenvalue weighted by Crippen LogP contribution is 2.31. The second kappa shape index (κ2) is 7.49. The monoisotopic (exact) mass is 371 g/mol. The molecule has 2 heterocycles. The van der Waals surface area contributed by atoms with E-state index in [0.29, 0.717) is 29.4 Å². The predicted molar refractivity (Wildman–Crippen MR) is 100 cm³/mol. The molecule has 4 rings (SSSR count). The van der Waals surface area contributed by atoms with Crippen molar-refractivity contribution in [3.05, 3.63) is 70.2 Å². The minimum absolute atomic E-state index is 0.0391. The Bertz CT molecular complexity index is 791. The van der Waals surface area contributed by atoms with Crippen molar-refractivity contribution in [2.75, 3.05) is 26.3 Å². The van der Waals surface area contributed by atoms with Crippen LogP contribution < -0.4 is 0 Å². The first-order valence-corrected chi connectivity index (χ1v) is 9.41. The van der Waals surface area contributed by atoms with Crippen molar-refractivity contribution in [2.45, 2.75) is 25.2 Å². The van der Waals surface area contributed by atoms with Gasteiger partial charge in [-0.25, -0.2) is 0 Å². The molecule has 0 N–H and O–H groups in total. The van der Waals surface area contributed by atoms with Crippen LogP contribution in [0.3, 0.4) is 0 Å². The van der Waals surface area contributed by atoms with Crippen LogP contribution in [0.5, 0.6) is 0 Å². The second-order valence-corrected chi connectivity index (χ2v) is 7.30. The normalized spacial score (nSPS) is 19.7. The number of likely N-dealkylation sites (tertiary alicyclic amines) is 1. The van der Waals surface area contributed by atoms with Gasteiger partial charge in [0, 0.05) is 43.6 Å². The molecule has 2 fully saturated rings. The van der Waals surface area contributed by atoms with Gasteiger partial charge in [-0.3, -0.25) is 9.69 Å². The zero-order valence-corrected chi connectivity index (χ0v) is 15.4. The van der Waals surface area contributed by atoms with Crippen LogP contribution in [-0.4, -0.2) is 42.8 Å². The van der Waals surface area contributed by atoms with Gasteiger partial charge in [-0.05, 0) is 23.8 Å². The Morgan fingerprint density at radius 2 is 1.77 bits per heavy atom. The van der Waals surface area contributed by atoms with Crippen molar-refractivity contribution in [1.29, 1.82) is 0 Å². The Morgan fingerprint density at radius 3 is 2.50 bits per heavy atom. The molecule has 2 aliphatic heterocycles. The first-order valence-electron chi connectivity index (χ1n) is 9.04. The summed E-state index contributed by atoms with van der Waals surface area (Å²) in [6.45, 7) is 4.09. The topological polar surface area (TPSA) is 38.8 Å². The molecular formula is C21H22ClNO3. The molecular weight excluding hydrogens is 350 g/mol.